The number of hydrogen-bond acceptors (Lipinski definition) is 1. The zero-order valence-electron chi connectivity index (χ0n) is 16.3. The van der Waals surface area contributed by atoms with Crippen LogP contribution >= 0.6 is 11.6 Å². The highest BCUT2D eigenvalue weighted by atomic mass is 35.5. The monoisotopic (exact) mass is 378 g/mol. The molecule has 0 amide bonds. The van der Waals surface area contributed by atoms with E-state index in [0.29, 0.717) is 0 Å². The molecule has 1 nitrogen and oxygen atoms in total. The van der Waals surface area contributed by atoms with Crippen molar-refractivity contribution in [1.82, 2.24) is 0 Å². The van der Waals surface area contributed by atoms with E-state index in [1.807, 2.05) is 30.3 Å². The average Bonchev–Trinajstić information content (AvgIpc) is 2.62. The molecule has 3 aromatic rings. The predicted molar refractivity (Wildman–Crippen MR) is 115 cm³/mol. The van der Waals surface area contributed by atoms with Gasteiger partial charge < -0.3 is 4.74 Å². The molecule has 0 fully saturated rings. The average molecular weight is 379 g/mol. The second-order valence-corrected chi connectivity index (χ2v) is 8.25. The summed E-state index contributed by atoms with van der Waals surface area (Å²) in [5, 5.41) is 0.792. The van der Waals surface area contributed by atoms with Crippen LogP contribution in [-0.2, 0) is 11.8 Å². The third-order valence-corrected chi connectivity index (χ3v) is 5.27. The molecule has 3 rings (SSSR count). The van der Waals surface area contributed by atoms with Gasteiger partial charge in [0.1, 0.15) is 11.5 Å². The molecule has 3 aromatic carbocycles. The van der Waals surface area contributed by atoms with Crippen molar-refractivity contribution in [1.29, 1.82) is 0 Å². The van der Waals surface area contributed by atoms with Crippen molar-refractivity contribution < 1.29 is 4.74 Å². The molecule has 0 bridgehead atoms. The van der Waals surface area contributed by atoms with Gasteiger partial charge in [-0.2, -0.15) is 0 Å². The number of rotatable bonds is 7. The summed E-state index contributed by atoms with van der Waals surface area (Å²) in [6.45, 7) is 6.67. The van der Waals surface area contributed by atoms with E-state index >= 15 is 0 Å². The van der Waals surface area contributed by atoms with E-state index in [1.54, 1.807) is 0 Å². The van der Waals surface area contributed by atoms with Crippen molar-refractivity contribution in [3.63, 3.8) is 0 Å². The Morgan fingerprint density at radius 2 is 1.52 bits per heavy atom. The Balaban J connectivity index is 1.59. The van der Waals surface area contributed by atoms with E-state index in [-0.39, 0.29) is 5.41 Å². The van der Waals surface area contributed by atoms with Crippen LogP contribution in [0.2, 0.25) is 5.02 Å². The maximum atomic E-state index is 6.02. The Labute approximate surface area is 168 Å². The van der Waals surface area contributed by atoms with Gasteiger partial charge in [-0.15, -0.1) is 0 Å². The molecule has 0 N–H and O–H groups in total. The van der Waals surface area contributed by atoms with Crippen molar-refractivity contribution in [2.24, 2.45) is 0 Å². The first kappa shape index (κ1) is 19.5. The second kappa shape index (κ2) is 8.63. The van der Waals surface area contributed by atoms with Gasteiger partial charge in [0.25, 0.3) is 0 Å². The molecule has 0 aliphatic rings. The molecule has 0 unspecified atom stereocenters. The number of hydrogen-bond donors (Lipinski definition) is 0. The third kappa shape index (κ3) is 5.61. The van der Waals surface area contributed by atoms with Crippen molar-refractivity contribution in [3.8, 4) is 11.5 Å². The SMILES string of the molecule is Cc1cccc(Oc2cccc(CCCC(C)(C)c3ccc(Cl)cc3)c2)c1. The highest BCUT2D eigenvalue weighted by Gasteiger charge is 2.19. The zero-order chi connectivity index (χ0) is 19.3. The number of aryl methyl sites for hydroxylation is 2. The largest absolute Gasteiger partial charge is 0.457 e. The number of benzene rings is 3. The molecule has 0 saturated heterocycles. The first-order chi connectivity index (χ1) is 12.9. The van der Waals surface area contributed by atoms with Crippen molar-refractivity contribution >= 4 is 11.6 Å². The summed E-state index contributed by atoms with van der Waals surface area (Å²) in [5.41, 5.74) is 3.99. The van der Waals surface area contributed by atoms with Crippen LogP contribution in [0.5, 0.6) is 11.5 Å². The van der Waals surface area contributed by atoms with Gasteiger partial charge in [-0.3, -0.25) is 0 Å². The molecule has 0 aliphatic heterocycles. The quantitative estimate of drug-likeness (QED) is 0.408. The van der Waals surface area contributed by atoms with Crippen LogP contribution in [0.3, 0.4) is 0 Å². The lowest BCUT2D eigenvalue weighted by Gasteiger charge is -2.25. The molecule has 27 heavy (non-hydrogen) atoms. The minimum atomic E-state index is 0.139. The molecule has 0 aromatic heterocycles. The molecule has 0 atom stereocenters. The fourth-order valence-electron chi connectivity index (χ4n) is 3.36. The topological polar surface area (TPSA) is 9.23 Å². The lowest BCUT2D eigenvalue weighted by Crippen LogP contribution is -2.17. The smallest absolute Gasteiger partial charge is 0.127 e. The molecule has 2 heteroatoms. The molecular weight excluding hydrogens is 352 g/mol. The molecule has 0 radical (unpaired) electrons. The molecule has 0 heterocycles. The standard InChI is InChI=1S/C25H27ClO/c1-19-7-4-10-23(17-19)27-24-11-5-8-20(18-24)9-6-16-25(2,3)21-12-14-22(26)15-13-21/h4-5,7-8,10-15,17-18H,6,9,16H2,1-3H3. The van der Waals surface area contributed by atoms with Gasteiger partial charge >= 0.3 is 0 Å². The maximum absolute atomic E-state index is 6.02. The van der Waals surface area contributed by atoms with Crippen LogP contribution in [0, 0.1) is 6.92 Å². The van der Waals surface area contributed by atoms with Crippen LogP contribution in [-0.4, -0.2) is 0 Å². The molecule has 0 aliphatic carbocycles. The summed E-state index contributed by atoms with van der Waals surface area (Å²) < 4.78 is 6.02. The Morgan fingerprint density at radius 3 is 2.22 bits per heavy atom. The van der Waals surface area contributed by atoms with Gasteiger partial charge in [0.15, 0.2) is 0 Å². The first-order valence-electron chi connectivity index (χ1n) is 9.52. The van der Waals surface area contributed by atoms with Crippen LogP contribution < -0.4 is 4.74 Å². The van der Waals surface area contributed by atoms with Crippen molar-refractivity contribution in [2.45, 2.75) is 45.4 Å². The van der Waals surface area contributed by atoms with Gasteiger partial charge in [0, 0.05) is 5.02 Å². The summed E-state index contributed by atoms with van der Waals surface area (Å²) >= 11 is 6.02. The van der Waals surface area contributed by atoms with Crippen LogP contribution in [0.15, 0.2) is 72.8 Å². The highest BCUT2D eigenvalue weighted by molar-refractivity contribution is 6.30. The molecule has 140 valence electrons. The summed E-state index contributed by atoms with van der Waals surface area (Å²) in [6.07, 6.45) is 3.29. The minimum Gasteiger partial charge on any atom is -0.457 e. The first-order valence-corrected chi connectivity index (χ1v) is 9.90. The lowest BCUT2D eigenvalue weighted by atomic mass is 9.80. The van der Waals surface area contributed by atoms with E-state index in [1.165, 1.54) is 16.7 Å². The molecule has 0 saturated carbocycles. The summed E-state index contributed by atoms with van der Waals surface area (Å²) in [4.78, 5) is 0. The summed E-state index contributed by atoms with van der Waals surface area (Å²) in [5.74, 6) is 1.78. The number of ether oxygens (including phenoxy) is 1. The fraction of sp³-hybridized carbons (Fsp3) is 0.280. The van der Waals surface area contributed by atoms with Gasteiger partial charge in [-0.1, -0.05) is 61.8 Å². The van der Waals surface area contributed by atoms with Crippen LogP contribution in [0.4, 0.5) is 0 Å². The van der Waals surface area contributed by atoms with E-state index in [4.69, 9.17) is 16.3 Å². The lowest BCUT2D eigenvalue weighted by molar-refractivity contribution is 0.460. The highest BCUT2D eigenvalue weighted by Crippen LogP contribution is 2.30. The molecular formula is C25H27ClO. The fourth-order valence-corrected chi connectivity index (χ4v) is 3.49. The Kier molecular flexibility index (Phi) is 6.23. The Morgan fingerprint density at radius 1 is 0.852 bits per heavy atom. The Hall–Kier alpha value is -2.25. The minimum absolute atomic E-state index is 0.139. The van der Waals surface area contributed by atoms with Gasteiger partial charge in [0.2, 0.25) is 0 Å². The molecule has 0 spiro atoms. The van der Waals surface area contributed by atoms with Gasteiger partial charge in [0.05, 0.1) is 0 Å². The van der Waals surface area contributed by atoms with Gasteiger partial charge in [-0.25, -0.2) is 0 Å². The van der Waals surface area contributed by atoms with E-state index in [0.717, 1.165) is 35.8 Å². The van der Waals surface area contributed by atoms with E-state index in [2.05, 4.69) is 63.2 Å². The normalized spacial score (nSPS) is 11.4. The van der Waals surface area contributed by atoms with Crippen molar-refractivity contribution in [2.75, 3.05) is 0 Å². The predicted octanol–water partition coefficient (Wildman–Crippen LogP) is 7.74. The maximum Gasteiger partial charge on any atom is 0.127 e. The Bertz CT molecular complexity index is 881. The zero-order valence-corrected chi connectivity index (χ0v) is 17.1. The van der Waals surface area contributed by atoms with Crippen LogP contribution in [0.25, 0.3) is 0 Å². The van der Waals surface area contributed by atoms with Crippen molar-refractivity contribution in [3.05, 3.63) is 94.5 Å². The third-order valence-electron chi connectivity index (χ3n) is 5.02. The summed E-state index contributed by atoms with van der Waals surface area (Å²) in [7, 11) is 0. The van der Waals surface area contributed by atoms with E-state index < -0.39 is 0 Å². The number of halogens is 1. The van der Waals surface area contributed by atoms with E-state index in [9.17, 15) is 0 Å². The van der Waals surface area contributed by atoms with Gasteiger partial charge in [-0.05, 0) is 84.7 Å². The van der Waals surface area contributed by atoms with Crippen LogP contribution in [0.1, 0.15) is 43.4 Å². The summed E-state index contributed by atoms with van der Waals surface area (Å²) in [6, 6.07) is 24.8. The second-order valence-electron chi connectivity index (χ2n) is 7.81.